The van der Waals surface area contributed by atoms with Crippen LogP contribution in [0.3, 0.4) is 0 Å². The Balaban J connectivity index is 1.77. The van der Waals surface area contributed by atoms with Crippen LogP contribution in [0.25, 0.3) is 0 Å². The van der Waals surface area contributed by atoms with Crippen LogP contribution in [-0.2, 0) is 16.1 Å². The van der Waals surface area contributed by atoms with Gasteiger partial charge in [0.25, 0.3) is 5.89 Å². The highest BCUT2D eigenvalue weighted by Crippen LogP contribution is 2.16. The van der Waals surface area contributed by atoms with Gasteiger partial charge in [-0.25, -0.2) is 0 Å². The van der Waals surface area contributed by atoms with Crippen LogP contribution in [0, 0.1) is 6.92 Å². The average molecular weight is 268 g/mol. The smallest absolute Gasteiger partial charge is 0.252 e. The van der Waals surface area contributed by atoms with Crippen LogP contribution >= 0.6 is 0 Å². The molecule has 7 nitrogen and oxygen atoms in total. The predicted molar refractivity (Wildman–Crippen MR) is 67.1 cm³/mol. The van der Waals surface area contributed by atoms with E-state index in [4.69, 9.17) is 15.0 Å². The zero-order valence-electron chi connectivity index (χ0n) is 11.2. The maximum absolute atomic E-state index is 12.0. The van der Waals surface area contributed by atoms with E-state index in [1.54, 1.807) is 6.92 Å². The molecule has 0 aliphatic carbocycles. The van der Waals surface area contributed by atoms with Crippen LogP contribution in [0.5, 0.6) is 0 Å². The molecule has 2 N–H and O–H groups in total. The van der Waals surface area contributed by atoms with Gasteiger partial charge in [0.1, 0.15) is 13.2 Å². The van der Waals surface area contributed by atoms with Crippen molar-refractivity contribution in [3.05, 3.63) is 11.7 Å². The van der Waals surface area contributed by atoms with Crippen molar-refractivity contribution >= 4 is 5.91 Å². The molecule has 19 heavy (non-hydrogen) atoms. The van der Waals surface area contributed by atoms with E-state index in [2.05, 4.69) is 10.1 Å². The maximum Gasteiger partial charge on any atom is 0.252 e. The Bertz CT molecular complexity index is 421. The van der Waals surface area contributed by atoms with Crippen molar-refractivity contribution < 1.29 is 14.1 Å². The standard InChI is InChI=1S/C12H20N4O3/c1-9-14-11(19-15-9)7-18-8-12(17)16-5-3-2-4-10(16)6-13/h10H,2-8,13H2,1H3/t10-/m0/s1. The van der Waals surface area contributed by atoms with Crippen molar-refractivity contribution in [2.24, 2.45) is 5.73 Å². The Kier molecular flexibility index (Phi) is 4.86. The van der Waals surface area contributed by atoms with Crippen LogP contribution in [0.4, 0.5) is 0 Å². The first-order valence-electron chi connectivity index (χ1n) is 6.57. The number of rotatable bonds is 5. The van der Waals surface area contributed by atoms with E-state index in [-0.39, 0.29) is 25.2 Å². The number of carbonyl (C=O) groups is 1. The lowest BCUT2D eigenvalue weighted by Crippen LogP contribution is -2.48. The minimum absolute atomic E-state index is 0.0219. The molecule has 7 heteroatoms. The van der Waals surface area contributed by atoms with Crippen molar-refractivity contribution in [1.82, 2.24) is 15.0 Å². The fourth-order valence-electron chi connectivity index (χ4n) is 2.28. The summed E-state index contributed by atoms with van der Waals surface area (Å²) in [5.41, 5.74) is 5.69. The SMILES string of the molecule is Cc1noc(COCC(=O)N2CCCC[C@H]2CN)n1. The molecule has 0 radical (unpaired) electrons. The van der Waals surface area contributed by atoms with Crippen molar-refractivity contribution in [2.75, 3.05) is 19.7 Å². The van der Waals surface area contributed by atoms with E-state index in [9.17, 15) is 4.79 Å². The van der Waals surface area contributed by atoms with E-state index in [1.807, 2.05) is 4.90 Å². The molecule has 1 atom stereocenters. The van der Waals surface area contributed by atoms with Gasteiger partial charge in [-0.3, -0.25) is 4.79 Å². The highest BCUT2D eigenvalue weighted by molar-refractivity contribution is 5.77. The molecular weight excluding hydrogens is 248 g/mol. The Labute approximate surface area is 112 Å². The molecule has 106 valence electrons. The second kappa shape index (κ2) is 6.63. The van der Waals surface area contributed by atoms with Crippen LogP contribution in [0.2, 0.25) is 0 Å². The summed E-state index contributed by atoms with van der Waals surface area (Å²) >= 11 is 0. The fraction of sp³-hybridized carbons (Fsp3) is 0.750. The molecule has 2 heterocycles. The van der Waals surface area contributed by atoms with Gasteiger partial charge in [0.05, 0.1) is 0 Å². The zero-order valence-corrected chi connectivity index (χ0v) is 11.2. The number of piperidine rings is 1. The second-order valence-electron chi connectivity index (χ2n) is 4.70. The minimum atomic E-state index is -0.0219. The lowest BCUT2D eigenvalue weighted by molar-refractivity contribution is -0.140. The van der Waals surface area contributed by atoms with Crippen molar-refractivity contribution in [3.8, 4) is 0 Å². The third kappa shape index (κ3) is 3.74. The molecule has 1 saturated heterocycles. The van der Waals surface area contributed by atoms with Gasteiger partial charge in [0.15, 0.2) is 5.82 Å². The molecule has 0 spiro atoms. The van der Waals surface area contributed by atoms with Crippen molar-refractivity contribution in [1.29, 1.82) is 0 Å². The number of ether oxygens (including phenoxy) is 1. The van der Waals surface area contributed by atoms with Gasteiger partial charge in [-0.05, 0) is 26.2 Å². The summed E-state index contributed by atoms with van der Waals surface area (Å²) in [4.78, 5) is 17.9. The molecule has 0 unspecified atom stereocenters. The number of hydrogen-bond donors (Lipinski definition) is 1. The zero-order chi connectivity index (χ0) is 13.7. The first kappa shape index (κ1) is 14.0. The van der Waals surface area contributed by atoms with Gasteiger partial charge in [-0.15, -0.1) is 0 Å². The summed E-state index contributed by atoms with van der Waals surface area (Å²) in [6, 6.07) is 0.149. The molecule has 0 aromatic carbocycles. The Morgan fingerprint density at radius 3 is 3.11 bits per heavy atom. The van der Waals surface area contributed by atoms with Gasteiger partial charge >= 0.3 is 0 Å². The summed E-state index contributed by atoms with van der Waals surface area (Å²) in [5.74, 6) is 0.926. The number of aromatic nitrogens is 2. The molecule has 1 aliphatic rings. The van der Waals surface area contributed by atoms with Gasteiger partial charge in [0.2, 0.25) is 5.91 Å². The second-order valence-corrected chi connectivity index (χ2v) is 4.70. The highest BCUT2D eigenvalue weighted by Gasteiger charge is 2.25. The first-order chi connectivity index (χ1) is 9.20. The van der Waals surface area contributed by atoms with Crippen LogP contribution < -0.4 is 5.73 Å². The summed E-state index contributed by atoms with van der Waals surface area (Å²) in [7, 11) is 0. The van der Waals surface area contributed by atoms with Gasteiger partial charge in [-0.1, -0.05) is 5.16 Å². The maximum atomic E-state index is 12.0. The molecule has 0 bridgehead atoms. The number of nitrogens with two attached hydrogens (primary N) is 1. The lowest BCUT2D eigenvalue weighted by atomic mass is 10.0. The van der Waals surface area contributed by atoms with Gasteiger partial charge in [-0.2, -0.15) is 4.98 Å². The Morgan fingerprint density at radius 2 is 2.42 bits per heavy atom. The number of amides is 1. The van der Waals surface area contributed by atoms with E-state index < -0.39 is 0 Å². The fourth-order valence-corrected chi connectivity index (χ4v) is 2.28. The molecule has 1 fully saturated rings. The lowest BCUT2D eigenvalue weighted by Gasteiger charge is -2.34. The van der Waals surface area contributed by atoms with Crippen molar-refractivity contribution in [2.45, 2.75) is 38.8 Å². The molecular formula is C12H20N4O3. The largest absolute Gasteiger partial charge is 0.362 e. The number of hydrogen-bond acceptors (Lipinski definition) is 6. The third-order valence-electron chi connectivity index (χ3n) is 3.24. The minimum Gasteiger partial charge on any atom is -0.362 e. The Hall–Kier alpha value is -1.47. The molecule has 1 amide bonds. The summed E-state index contributed by atoms with van der Waals surface area (Å²) in [5, 5.41) is 3.65. The van der Waals surface area contributed by atoms with Gasteiger partial charge < -0.3 is 19.9 Å². The van der Waals surface area contributed by atoms with Gasteiger partial charge in [0, 0.05) is 19.1 Å². The average Bonchev–Trinajstić information content (AvgIpc) is 2.84. The summed E-state index contributed by atoms with van der Waals surface area (Å²) in [6.07, 6.45) is 3.14. The number of carbonyl (C=O) groups excluding carboxylic acids is 1. The number of nitrogens with zero attached hydrogens (tertiary/aromatic N) is 3. The molecule has 1 aromatic heterocycles. The van der Waals surface area contributed by atoms with E-state index in [0.29, 0.717) is 18.3 Å². The highest BCUT2D eigenvalue weighted by atomic mass is 16.5. The summed E-state index contributed by atoms with van der Waals surface area (Å²) < 4.78 is 10.2. The van der Waals surface area contributed by atoms with E-state index >= 15 is 0 Å². The summed E-state index contributed by atoms with van der Waals surface area (Å²) in [6.45, 7) is 3.20. The molecule has 2 rings (SSSR count). The topological polar surface area (TPSA) is 94.5 Å². The number of aryl methyl sites for hydroxylation is 1. The van der Waals surface area contributed by atoms with Crippen LogP contribution in [0.15, 0.2) is 4.52 Å². The predicted octanol–water partition coefficient (Wildman–Crippen LogP) is 0.234. The third-order valence-corrected chi connectivity index (χ3v) is 3.24. The van der Waals surface area contributed by atoms with Crippen LogP contribution in [0.1, 0.15) is 31.0 Å². The Morgan fingerprint density at radius 1 is 1.58 bits per heavy atom. The number of likely N-dealkylation sites (tertiary alicyclic amines) is 1. The van der Waals surface area contributed by atoms with E-state index in [0.717, 1.165) is 25.8 Å². The van der Waals surface area contributed by atoms with Crippen LogP contribution in [-0.4, -0.2) is 46.7 Å². The van der Waals surface area contributed by atoms with Crippen molar-refractivity contribution in [3.63, 3.8) is 0 Å². The monoisotopic (exact) mass is 268 g/mol. The molecule has 1 aromatic rings. The first-order valence-corrected chi connectivity index (χ1v) is 6.57. The molecule has 1 aliphatic heterocycles. The normalized spacial score (nSPS) is 19.7. The quantitative estimate of drug-likeness (QED) is 0.821. The van der Waals surface area contributed by atoms with E-state index in [1.165, 1.54) is 0 Å². The molecule has 0 saturated carbocycles.